The number of carbonyl (C=O) groups excluding carboxylic acids is 1. The van der Waals surface area contributed by atoms with Crippen molar-refractivity contribution in [2.24, 2.45) is 11.3 Å². The van der Waals surface area contributed by atoms with Crippen molar-refractivity contribution in [3.8, 4) is 5.69 Å². The largest absolute Gasteiger partial charge is 0.481 e. The summed E-state index contributed by atoms with van der Waals surface area (Å²) < 4.78 is 21.2. The summed E-state index contributed by atoms with van der Waals surface area (Å²) in [5.74, 6) is -1.19. The SMILES string of the molecule is CC(OC(=O)Nc1c(F)cnn1-c1ccc(N2CCC(C3(C(=O)O)CC3)CC2)cc1)c1ccccc1. The fraction of sp³-hybridized carbons (Fsp3) is 0.370. The van der Waals surface area contributed by atoms with Gasteiger partial charge in [-0.15, -0.1) is 0 Å². The number of carboxylic acid groups (broad SMARTS) is 1. The first-order chi connectivity index (χ1) is 17.4. The fourth-order valence-corrected chi connectivity index (χ4v) is 5.14. The van der Waals surface area contributed by atoms with Gasteiger partial charge in [-0.2, -0.15) is 5.10 Å². The second-order valence-electron chi connectivity index (χ2n) is 9.58. The molecule has 1 aliphatic carbocycles. The van der Waals surface area contributed by atoms with Gasteiger partial charge in [-0.05, 0) is 68.4 Å². The number of carbonyl (C=O) groups is 2. The number of hydrogen-bond donors (Lipinski definition) is 2. The highest BCUT2D eigenvalue weighted by Crippen LogP contribution is 2.55. The van der Waals surface area contributed by atoms with E-state index in [1.165, 1.54) is 4.68 Å². The van der Waals surface area contributed by atoms with Gasteiger partial charge in [0.25, 0.3) is 0 Å². The first-order valence-electron chi connectivity index (χ1n) is 12.2. The van der Waals surface area contributed by atoms with Crippen molar-refractivity contribution in [1.29, 1.82) is 0 Å². The molecule has 1 saturated heterocycles. The number of nitrogens with zero attached hydrogens (tertiary/aromatic N) is 3. The number of anilines is 2. The predicted octanol–water partition coefficient (Wildman–Crippen LogP) is 5.40. The van der Waals surface area contributed by atoms with E-state index in [1.54, 1.807) is 6.92 Å². The average Bonchev–Trinajstić information content (AvgIpc) is 3.64. The lowest BCUT2D eigenvalue weighted by molar-refractivity contribution is -0.146. The minimum atomic E-state index is -0.777. The molecule has 2 aromatic carbocycles. The number of hydrogen-bond acceptors (Lipinski definition) is 5. The van der Waals surface area contributed by atoms with Gasteiger partial charge in [0.05, 0.1) is 17.3 Å². The number of aromatic nitrogens is 2. The first kappa shape index (κ1) is 23.8. The van der Waals surface area contributed by atoms with E-state index in [0.29, 0.717) is 5.69 Å². The Morgan fingerprint density at radius 3 is 2.33 bits per heavy atom. The second kappa shape index (κ2) is 9.64. The summed E-state index contributed by atoms with van der Waals surface area (Å²) in [4.78, 5) is 26.3. The molecule has 1 atom stereocenters. The molecule has 0 radical (unpaired) electrons. The van der Waals surface area contributed by atoms with Crippen molar-refractivity contribution < 1.29 is 23.8 Å². The van der Waals surface area contributed by atoms with Crippen LogP contribution in [-0.4, -0.2) is 40.0 Å². The van der Waals surface area contributed by atoms with E-state index in [2.05, 4.69) is 15.3 Å². The number of piperidine rings is 1. The number of rotatable bonds is 7. The number of nitrogens with one attached hydrogen (secondary N) is 1. The number of halogens is 1. The zero-order chi connectivity index (χ0) is 25.3. The summed E-state index contributed by atoms with van der Waals surface area (Å²) in [6.07, 6.45) is 3.06. The summed E-state index contributed by atoms with van der Waals surface area (Å²) in [7, 11) is 0. The topological polar surface area (TPSA) is 96.7 Å². The van der Waals surface area contributed by atoms with Crippen LogP contribution in [0, 0.1) is 17.2 Å². The summed E-state index contributed by atoms with van der Waals surface area (Å²) in [6.45, 7) is 3.34. The molecule has 1 saturated carbocycles. The van der Waals surface area contributed by atoms with Crippen LogP contribution in [0.4, 0.5) is 20.7 Å². The third-order valence-corrected chi connectivity index (χ3v) is 7.45. The molecule has 2 heterocycles. The van der Waals surface area contributed by atoms with Crippen LogP contribution in [-0.2, 0) is 9.53 Å². The third kappa shape index (κ3) is 4.65. The van der Waals surface area contributed by atoms with Crippen molar-refractivity contribution in [1.82, 2.24) is 9.78 Å². The van der Waals surface area contributed by atoms with Crippen molar-refractivity contribution >= 4 is 23.6 Å². The molecule has 8 nitrogen and oxygen atoms in total. The molecule has 9 heteroatoms. The lowest BCUT2D eigenvalue weighted by atomic mass is 9.81. The highest BCUT2D eigenvalue weighted by atomic mass is 19.1. The quantitative estimate of drug-likeness (QED) is 0.458. The van der Waals surface area contributed by atoms with Crippen molar-refractivity contribution in [3.05, 3.63) is 72.2 Å². The number of amides is 1. The minimum absolute atomic E-state index is 0.0998. The maximum absolute atomic E-state index is 14.5. The van der Waals surface area contributed by atoms with Gasteiger partial charge in [0, 0.05) is 18.8 Å². The maximum atomic E-state index is 14.5. The summed E-state index contributed by atoms with van der Waals surface area (Å²) in [5, 5.41) is 16.1. The van der Waals surface area contributed by atoms with Crippen molar-refractivity contribution in [3.63, 3.8) is 0 Å². The molecule has 188 valence electrons. The van der Waals surface area contributed by atoms with Gasteiger partial charge in [0.15, 0.2) is 11.6 Å². The van der Waals surface area contributed by atoms with E-state index < -0.39 is 29.4 Å². The van der Waals surface area contributed by atoms with Crippen LogP contribution >= 0.6 is 0 Å². The number of benzene rings is 2. The molecule has 2 aliphatic rings. The number of carboxylic acids is 1. The van der Waals surface area contributed by atoms with Crippen LogP contribution in [0.1, 0.15) is 44.3 Å². The van der Waals surface area contributed by atoms with Gasteiger partial charge in [-0.25, -0.2) is 13.9 Å². The fourth-order valence-electron chi connectivity index (χ4n) is 5.14. The predicted molar refractivity (Wildman–Crippen MR) is 133 cm³/mol. The molecular weight excluding hydrogens is 463 g/mol. The van der Waals surface area contributed by atoms with E-state index in [0.717, 1.165) is 56.2 Å². The second-order valence-corrected chi connectivity index (χ2v) is 9.58. The van der Waals surface area contributed by atoms with Gasteiger partial charge >= 0.3 is 12.1 Å². The van der Waals surface area contributed by atoms with Gasteiger partial charge in [-0.1, -0.05) is 30.3 Å². The Balaban J connectivity index is 1.23. The van der Waals surface area contributed by atoms with Crippen LogP contribution in [0.3, 0.4) is 0 Å². The molecule has 1 aliphatic heterocycles. The van der Waals surface area contributed by atoms with Crippen LogP contribution < -0.4 is 10.2 Å². The molecule has 2 N–H and O–H groups in total. The van der Waals surface area contributed by atoms with Gasteiger partial charge in [0.2, 0.25) is 0 Å². The van der Waals surface area contributed by atoms with E-state index in [4.69, 9.17) is 4.74 Å². The van der Waals surface area contributed by atoms with Crippen LogP contribution in [0.2, 0.25) is 0 Å². The normalized spacial score (nSPS) is 17.9. The molecule has 3 aromatic rings. The van der Waals surface area contributed by atoms with E-state index >= 15 is 0 Å². The Hall–Kier alpha value is -3.88. The molecule has 1 amide bonds. The molecule has 1 aromatic heterocycles. The lowest BCUT2D eigenvalue weighted by Gasteiger charge is -2.36. The standard InChI is InChI=1S/C27H29FN4O4/c1-18(19-5-3-2-4-6-19)36-26(35)30-24-23(28)17-29-32(24)22-9-7-21(8-10-22)31-15-11-20(12-16-31)27(13-14-27)25(33)34/h2-10,17-18,20H,11-16H2,1H3,(H,30,35)(H,33,34). The monoisotopic (exact) mass is 492 g/mol. The molecule has 2 fully saturated rings. The van der Waals surface area contributed by atoms with Crippen molar-refractivity contribution in [2.75, 3.05) is 23.3 Å². The third-order valence-electron chi connectivity index (χ3n) is 7.45. The summed E-state index contributed by atoms with van der Waals surface area (Å²) in [5.41, 5.74) is 1.93. The Morgan fingerprint density at radius 1 is 1.08 bits per heavy atom. The Morgan fingerprint density at radius 2 is 1.72 bits per heavy atom. The molecule has 1 unspecified atom stereocenters. The smallest absolute Gasteiger partial charge is 0.413 e. The van der Waals surface area contributed by atoms with E-state index in [-0.39, 0.29) is 11.7 Å². The Labute approximate surface area is 208 Å². The zero-order valence-corrected chi connectivity index (χ0v) is 20.1. The van der Waals surface area contributed by atoms with Gasteiger partial charge in [0.1, 0.15) is 6.10 Å². The van der Waals surface area contributed by atoms with Crippen LogP contribution in [0.15, 0.2) is 60.8 Å². The molecule has 0 bridgehead atoms. The first-order valence-corrected chi connectivity index (χ1v) is 12.2. The molecule has 36 heavy (non-hydrogen) atoms. The van der Waals surface area contributed by atoms with Crippen molar-refractivity contribution in [2.45, 2.75) is 38.7 Å². The highest BCUT2D eigenvalue weighted by molar-refractivity contribution is 5.84. The lowest BCUT2D eigenvalue weighted by Crippen LogP contribution is -2.39. The van der Waals surface area contributed by atoms with Crippen LogP contribution in [0.25, 0.3) is 5.69 Å². The number of aliphatic carboxylic acids is 1. The highest BCUT2D eigenvalue weighted by Gasteiger charge is 2.56. The maximum Gasteiger partial charge on any atom is 0.413 e. The Bertz CT molecular complexity index is 1230. The van der Waals surface area contributed by atoms with Gasteiger partial charge in [-0.3, -0.25) is 10.1 Å². The van der Waals surface area contributed by atoms with E-state index in [9.17, 15) is 19.1 Å². The number of ether oxygens (including phenoxy) is 1. The zero-order valence-electron chi connectivity index (χ0n) is 20.1. The summed E-state index contributed by atoms with van der Waals surface area (Å²) >= 11 is 0. The van der Waals surface area contributed by atoms with Crippen LogP contribution in [0.5, 0.6) is 0 Å². The molecule has 0 spiro atoms. The average molecular weight is 493 g/mol. The minimum Gasteiger partial charge on any atom is -0.481 e. The summed E-state index contributed by atoms with van der Waals surface area (Å²) in [6, 6.07) is 16.8. The molecular formula is C27H29FN4O4. The molecule has 5 rings (SSSR count). The van der Waals surface area contributed by atoms with Gasteiger partial charge < -0.3 is 14.7 Å². The Kier molecular flexibility index (Phi) is 6.38. The van der Waals surface area contributed by atoms with E-state index in [1.807, 2.05) is 54.6 Å².